The molecule has 0 unspecified atom stereocenters. The van der Waals surface area contributed by atoms with Gasteiger partial charge in [-0.05, 0) is 37.2 Å². The molecular formula is C18H20N2O2. The SMILES string of the molecule is CCNCc1ccccc1NC(=O)c1ccc(C(C)=O)cc1. The molecule has 0 atom stereocenters. The van der Waals surface area contributed by atoms with Gasteiger partial charge in [-0.3, -0.25) is 9.59 Å². The number of carbonyl (C=O) groups is 2. The van der Waals surface area contributed by atoms with Crippen LogP contribution in [-0.4, -0.2) is 18.2 Å². The van der Waals surface area contributed by atoms with E-state index in [1.165, 1.54) is 6.92 Å². The van der Waals surface area contributed by atoms with E-state index in [1.54, 1.807) is 24.3 Å². The van der Waals surface area contributed by atoms with Crippen LogP contribution in [0.1, 0.15) is 40.1 Å². The highest BCUT2D eigenvalue weighted by atomic mass is 16.1. The molecule has 0 aliphatic heterocycles. The van der Waals surface area contributed by atoms with Crippen LogP contribution in [0.5, 0.6) is 0 Å². The first-order valence-electron chi connectivity index (χ1n) is 7.32. The Morgan fingerprint density at radius 2 is 1.59 bits per heavy atom. The minimum absolute atomic E-state index is 0.0112. The van der Waals surface area contributed by atoms with Gasteiger partial charge < -0.3 is 10.6 Å². The van der Waals surface area contributed by atoms with Crippen LogP contribution >= 0.6 is 0 Å². The third-order valence-corrected chi connectivity index (χ3v) is 3.38. The van der Waals surface area contributed by atoms with E-state index in [0.29, 0.717) is 17.7 Å². The molecule has 0 aromatic heterocycles. The Morgan fingerprint density at radius 3 is 2.23 bits per heavy atom. The molecule has 2 aromatic rings. The van der Waals surface area contributed by atoms with Crippen molar-refractivity contribution in [2.24, 2.45) is 0 Å². The van der Waals surface area contributed by atoms with Crippen molar-refractivity contribution in [3.63, 3.8) is 0 Å². The van der Waals surface area contributed by atoms with Crippen molar-refractivity contribution in [3.05, 3.63) is 65.2 Å². The van der Waals surface area contributed by atoms with Gasteiger partial charge in [-0.1, -0.05) is 37.3 Å². The highest BCUT2D eigenvalue weighted by Crippen LogP contribution is 2.16. The molecule has 2 rings (SSSR count). The fourth-order valence-electron chi connectivity index (χ4n) is 2.11. The van der Waals surface area contributed by atoms with Crippen LogP contribution in [-0.2, 0) is 6.54 Å². The lowest BCUT2D eigenvalue weighted by Gasteiger charge is -2.11. The molecule has 0 bridgehead atoms. The van der Waals surface area contributed by atoms with Gasteiger partial charge in [-0.25, -0.2) is 0 Å². The number of benzene rings is 2. The van der Waals surface area contributed by atoms with Gasteiger partial charge in [0, 0.05) is 23.4 Å². The maximum Gasteiger partial charge on any atom is 0.255 e. The summed E-state index contributed by atoms with van der Waals surface area (Å²) in [5.41, 5.74) is 2.97. The first kappa shape index (κ1) is 15.9. The molecule has 4 nitrogen and oxygen atoms in total. The maximum absolute atomic E-state index is 12.3. The average Bonchev–Trinajstić information content (AvgIpc) is 2.54. The third kappa shape index (κ3) is 4.02. The Morgan fingerprint density at radius 1 is 0.955 bits per heavy atom. The van der Waals surface area contributed by atoms with Crippen molar-refractivity contribution >= 4 is 17.4 Å². The van der Waals surface area contributed by atoms with E-state index in [0.717, 1.165) is 17.8 Å². The molecule has 0 radical (unpaired) electrons. The molecule has 2 aromatic carbocycles. The molecule has 114 valence electrons. The Labute approximate surface area is 130 Å². The van der Waals surface area contributed by atoms with E-state index in [4.69, 9.17) is 0 Å². The van der Waals surface area contributed by atoms with Crippen molar-refractivity contribution in [2.75, 3.05) is 11.9 Å². The first-order valence-corrected chi connectivity index (χ1v) is 7.32. The summed E-state index contributed by atoms with van der Waals surface area (Å²) in [6.45, 7) is 5.12. The number of Topliss-reactive ketones (excluding diaryl/α,β-unsaturated/α-hetero) is 1. The zero-order chi connectivity index (χ0) is 15.9. The van der Waals surface area contributed by atoms with Gasteiger partial charge >= 0.3 is 0 Å². The zero-order valence-corrected chi connectivity index (χ0v) is 12.8. The smallest absolute Gasteiger partial charge is 0.255 e. The number of rotatable bonds is 6. The van der Waals surface area contributed by atoms with Gasteiger partial charge in [0.05, 0.1) is 0 Å². The Kier molecular flexibility index (Phi) is 5.44. The standard InChI is InChI=1S/C18H20N2O2/c1-3-19-12-16-6-4-5-7-17(16)20-18(22)15-10-8-14(9-11-15)13(2)21/h4-11,19H,3,12H2,1-2H3,(H,20,22). The molecule has 1 amide bonds. The van der Waals surface area contributed by atoms with E-state index < -0.39 is 0 Å². The van der Waals surface area contributed by atoms with E-state index in [9.17, 15) is 9.59 Å². The minimum atomic E-state index is -0.181. The number of ketones is 1. The van der Waals surface area contributed by atoms with Crippen LogP contribution in [0.25, 0.3) is 0 Å². The van der Waals surface area contributed by atoms with Crippen molar-refractivity contribution in [1.29, 1.82) is 0 Å². The summed E-state index contributed by atoms with van der Waals surface area (Å²) in [6.07, 6.45) is 0. The van der Waals surface area contributed by atoms with E-state index in [2.05, 4.69) is 10.6 Å². The van der Waals surface area contributed by atoms with Crippen LogP contribution in [0.4, 0.5) is 5.69 Å². The number of nitrogens with one attached hydrogen (secondary N) is 2. The third-order valence-electron chi connectivity index (χ3n) is 3.38. The van der Waals surface area contributed by atoms with E-state index in [-0.39, 0.29) is 11.7 Å². The summed E-state index contributed by atoms with van der Waals surface area (Å²) in [4.78, 5) is 23.6. The molecule has 4 heteroatoms. The molecule has 0 saturated heterocycles. The van der Waals surface area contributed by atoms with Crippen LogP contribution in [0.3, 0.4) is 0 Å². The average molecular weight is 296 g/mol. The maximum atomic E-state index is 12.3. The summed E-state index contributed by atoms with van der Waals surface area (Å²) in [5, 5.41) is 6.17. The van der Waals surface area contributed by atoms with Gasteiger partial charge in [0.15, 0.2) is 5.78 Å². The van der Waals surface area contributed by atoms with E-state index >= 15 is 0 Å². The van der Waals surface area contributed by atoms with Crippen LogP contribution in [0.15, 0.2) is 48.5 Å². The second-order valence-corrected chi connectivity index (χ2v) is 5.03. The van der Waals surface area contributed by atoms with Crippen LogP contribution in [0, 0.1) is 0 Å². The topological polar surface area (TPSA) is 58.2 Å². The summed E-state index contributed by atoms with van der Waals surface area (Å²) in [6, 6.07) is 14.4. The number of carbonyl (C=O) groups excluding carboxylic acids is 2. The molecule has 0 aliphatic rings. The van der Waals surface area contributed by atoms with Gasteiger partial charge in [-0.2, -0.15) is 0 Å². The van der Waals surface area contributed by atoms with Crippen LogP contribution < -0.4 is 10.6 Å². The lowest BCUT2D eigenvalue weighted by Crippen LogP contribution is -2.17. The van der Waals surface area contributed by atoms with Crippen molar-refractivity contribution in [2.45, 2.75) is 20.4 Å². The van der Waals surface area contributed by atoms with Crippen molar-refractivity contribution in [1.82, 2.24) is 5.32 Å². The number of amides is 1. The summed E-state index contributed by atoms with van der Waals surface area (Å²) < 4.78 is 0. The van der Waals surface area contributed by atoms with Gasteiger partial charge in [0.25, 0.3) is 5.91 Å². The van der Waals surface area contributed by atoms with Crippen molar-refractivity contribution in [3.8, 4) is 0 Å². The Hall–Kier alpha value is -2.46. The number of hydrogen-bond donors (Lipinski definition) is 2. The van der Waals surface area contributed by atoms with Crippen molar-refractivity contribution < 1.29 is 9.59 Å². The molecule has 0 aliphatic carbocycles. The first-order chi connectivity index (χ1) is 10.6. The summed E-state index contributed by atoms with van der Waals surface area (Å²) >= 11 is 0. The zero-order valence-electron chi connectivity index (χ0n) is 12.8. The van der Waals surface area contributed by atoms with Gasteiger partial charge in [0.2, 0.25) is 0 Å². The molecule has 0 fully saturated rings. The highest BCUT2D eigenvalue weighted by molar-refractivity contribution is 6.05. The number of para-hydroxylation sites is 1. The molecule has 22 heavy (non-hydrogen) atoms. The number of hydrogen-bond acceptors (Lipinski definition) is 3. The lowest BCUT2D eigenvalue weighted by molar-refractivity contribution is 0.100. The predicted molar refractivity (Wildman–Crippen MR) is 88.2 cm³/mol. The second-order valence-electron chi connectivity index (χ2n) is 5.03. The highest BCUT2D eigenvalue weighted by Gasteiger charge is 2.09. The quantitative estimate of drug-likeness (QED) is 0.804. The molecule has 2 N–H and O–H groups in total. The monoisotopic (exact) mass is 296 g/mol. The second kappa shape index (κ2) is 7.52. The molecule has 0 spiro atoms. The molecular weight excluding hydrogens is 276 g/mol. The normalized spacial score (nSPS) is 10.3. The fraction of sp³-hybridized carbons (Fsp3) is 0.222. The van der Waals surface area contributed by atoms with E-state index in [1.807, 2.05) is 31.2 Å². The largest absolute Gasteiger partial charge is 0.322 e. The van der Waals surface area contributed by atoms with Gasteiger partial charge in [-0.15, -0.1) is 0 Å². The Balaban J connectivity index is 2.13. The molecule has 0 heterocycles. The van der Waals surface area contributed by atoms with Gasteiger partial charge in [0.1, 0.15) is 0 Å². The summed E-state index contributed by atoms with van der Waals surface area (Å²) in [7, 11) is 0. The lowest BCUT2D eigenvalue weighted by atomic mass is 10.1. The minimum Gasteiger partial charge on any atom is -0.322 e. The predicted octanol–water partition coefficient (Wildman–Crippen LogP) is 3.25. The Bertz CT molecular complexity index is 663. The fourth-order valence-corrected chi connectivity index (χ4v) is 2.11. The summed E-state index contributed by atoms with van der Waals surface area (Å²) in [5.74, 6) is -0.193. The van der Waals surface area contributed by atoms with Crippen LogP contribution in [0.2, 0.25) is 0 Å². The molecule has 0 saturated carbocycles. The number of anilines is 1.